The molecular weight excluding hydrogens is 483 g/mol. The van der Waals surface area contributed by atoms with Crippen molar-refractivity contribution in [1.29, 1.82) is 0 Å². The van der Waals surface area contributed by atoms with Gasteiger partial charge in [-0.1, -0.05) is 32.0 Å². The van der Waals surface area contributed by atoms with E-state index in [1.54, 1.807) is 18.4 Å². The van der Waals surface area contributed by atoms with Crippen LogP contribution in [0.1, 0.15) is 61.7 Å². The van der Waals surface area contributed by atoms with E-state index in [4.69, 9.17) is 4.74 Å². The van der Waals surface area contributed by atoms with Crippen molar-refractivity contribution >= 4 is 41.3 Å². The van der Waals surface area contributed by atoms with Crippen molar-refractivity contribution in [2.75, 3.05) is 7.05 Å². The molecule has 1 aromatic carbocycles. The molecule has 0 atom stereocenters. The molecule has 1 aliphatic carbocycles. The lowest BCUT2D eigenvalue weighted by molar-refractivity contribution is 0.208. The molecular formula is C21H31IN4OS. The minimum Gasteiger partial charge on any atom is -0.490 e. The first-order valence-corrected chi connectivity index (χ1v) is 10.7. The van der Waals surface area contributed by atoms with E-state index in [-0.39, 0.29) is 24.0 Å². The van der Waals surface area contributed by atoms with Gasteiger partial charge in [0.1, 0.15) is 10.8 Å². The van der Waals surface area contributed by atoms with Crippen LogP contribution in [0.25, 0.3) is 0 Å². The molecule has 0 aliphatic heterocycles. The van der Waals surface area contributed by atoms with Gasteiger partial charge in [-0.05, 0) is 37.7 Å². The second-order valence-corrected chi connectivity index (χ2v) is 8.17. The zero-order valence-electron chi connectivity index (χ0n) is 16.9. The Morgan fingerprint density at radius 1 is 1.21 bits per heavy atom. The van der Waals surface area contributed by atoms with E-state index in [2.05, 4.69) is 58.0 Å². The highest BCUT2D eigenvalue weighted by molar-refractivity contribution is 14.0. The number of nitrogens with zero attached hydrogens (tertiary/aromatic N) is 2. The van der Waals surface area contributed by atoms with E-state index in [1.807, 2.05) is 6.07 Å². The Balaban J connectivity index is 0.00000280. The summed E-state index contributed by atoms with van der Waals surface area (Å²) in [5.74, 6) is 2.21. The van der Waals surface area contributed by atoms with E-state index < -0.39 is 0 Å². The minimum atomic E-state index is 0. The summed E-state index contributed by atoms with van der Waals surface area (Å²) in [6.45, 7) is 5.69. The van der Waals surface area contributed by atoms with Gasteiger partial charge in [0.25, 0.3) is 0 Å². The molecule has 2 aromatic rings. The fraction of sp³-hybridized carbons (Fsp3) is 0.524. The molecule has 2 N–H and O–H groups in total. The summed E-state index contributed by atoms with van der Waals surface area (Å²) in [4.78, 5) is 8.98. The average Bonchev–Trinajstić information content (AvgIpc) is 3.35. The van der Waals surface area contributed by atoms with Gasteiger partial charge >= 0.3 is 0 Å². The summed E-state index contributed by atoms with van der Waals surface area (Å²) >= 11 is 1.69. The van der Waals surface area contributed by atoms with Gasteiger partial charge in [0, 0.05) is 24.5 Å². The van der Waals surface area contributed by atoms with Gasteiger partial charge in [0.05, 0.1) is 18.3 Å². The molecule has 1 saturated carbocycles. The number of guanidine groups is 1. The molecule has 1 fully saturated rings. The van der Waals surface area contributed by atoms with Gasteiger partial charge in [0.2, 0.25) is 0 Å². The van der Waals surface area contributed by atoms with Gasteiger partial charge < -0.3 is 15.4 Å². The van der Waals surface area contributed by atoms with Gasteiger partial charge in [0.15, 0.2) is 5.96 Å². The van der Waals surface area contributed by atoms with Crippen LogP contribution in [0.15, 0.2) is 34.6 Å². The topological polar surface area (TPSA) is 58.5 Å². The van der Waals surface area contributed by atoms with Crippen molar-refractivity contribution in [3.8, 4) is 5.75 Å². The highest BCUT2D eigenvalue weighted by Gasteiger charge is 2.17. The minimum absolute atomic E-state index is 0. The van der Waals surface area contributed by atoms with E-state index in [0.717, 1.165) is 40.8 Å². The molecule has 5 nitrogen and oxygen atoms in total. The van der Waals surface area contributed by atoms with Crippen LogP contribution >= 0.6 is 35.3 Å². The number of rotatable bonds is 7. The summed E-state index contributed by atoms with van der Waals surface area (Å²) in [6.07, 6.45) is 5.24. The van der Waals surface area contributed by atoms with Crippen LogP contribution in [0, 0.1) is 0 Å². The number of thiazole rings is 1. The third-order valence-electron chi connectivity index (χ3n) is 4.81. The summed E-state index contributed by atoms with van der Waals surface area (Å²) in [6, 6.07) is 8.27. The molecule has 0 bridgehead atoms. The van der Waals surface area contributed by atoms with E-state index in [9.17, 15) is 0 Å². The van der Waals surface area contributed by atoms with Crippen molar-refractivity contribution in [3.63, 3.8) is 0 Å². The predicted molar refractivity (Wildman–Crippen MR) is 128 cm³/mol. The van der Waals surface area contributed by atoms with Gasteiger partial charge in [-0.15, -0.1) is 35.3 Å². The van der Waals surface area contributed by atoms with E-state index in [0.29, 0.717) is 25.1 Å². The van der Waals surface area contributed by atoms with Gasteiger partial charge in [-0.25, -0.2) is 4.98 Å². The first kappa shape index (κ1) is 22.9. The van der Waals surface area contributed by atoms with Crippen LogP contribution in [-0.2, 0) is 13.1 Å². The number of hydrogen-bond donors (Lipinski definition) is 2. The van der Waals surface area contributed by atoms with E-state index >= 15 is 0 Å². The Kier molecular flexibility index (Phi) is 9.50. The third-order valence-corrected chi connectivity index (χ3v) is 5.67. The summed E-state index contributed by atoms with van der Waals surface area (Å²) in [5, 5.41) is 9.94. The lowest BCUT2D eigenvalue weighted by atomic mass is 10.2. The SMILES string of the molecule is CN=C(NCc1nc(C(C)C)cs1)NCc1ccccc1OC1CCCC1.I. The van der Waals surface area contributed by atoms with Gasteiger partial charge in [-0.3, -0.25) is 4.99 Å². The lowest BCUT2D eigenvalue weighted by Crippen LogP contribution is -2.36. The molecule has 1 aromatic heterocycles. The normalized spacial score (nSPS) is 14.8. The first-order chi connectivity index (χ1) is 13.2. The van der Waals surface area contributed by atoms with Crippen molar-refractivity contribution in [2.45, 2.75) is 64.6 Å². The Morgan fingerprint density at radius 2 is 1.93 bits per heavy atom. The van der Waals surface area contributed by atoms with Crippen LogP contribution in [0.4, 0.5) is 0 Å². The monoisotopic (exact) mass is 514 g/mol. The van der Waals surface area contributed by atoms with E-state index in [1.165, 1.54) is 12.8 Å². The second kappa shape index (κ2) is 11.6. The molecule has 28 heavy (non-hydrogen) atoms. The van der Waals surface area contributed by atoms with Crippen molar-refractivity contribution < 1.29 is 4.74 Å². The highest BCUT2D eigenvalue weighted by Crippen LogP contribution is 2.26. The van der Waals surface area contributed by atoms with Crippen molar-refractivity contribution in [3.05, 3.63) is 45.9 Å². The lowest BCUT2D eigenvalue weighted by Gasteiger charge is -2.17. The molecule has 3 rings (SSSR count). The zero-order chi connectivity index (χ0) is 19.1. The molecule has 154 valence electrons. The number of ether oxygens (including phenoxy) is 1. The maximum Gasteiger partial charge on any atom is 0.191 e. The second-order valence-electron chi connectivity index (χ2n) is 7.23. The number of aromatic nitrogens is 1. The number of hydrogen-bond acceptors (Lipinski definition) is 4. The summed E-state index contributed by atoms with van der Waals surface area (Å²) in [7, 11) is 1.79. The molecule has 1 heterocycles. The van der Waals surface area contributed by atoms with Crippen LogP contribution < -0.4 is 15.4 Å². The maximum absolute atomic E-state index is 6.22. The Morgan fingerprint density at radius 3 is 2.61 bits per heavy atom. The largest absolute Gasteiger partial charge is 0.490 e. The molecule has 7 heteroatoms. The van der Waals surface area contributed by atoms with Gasteiger partial charge in [-0.2, -0.15) is 0 Å². The van der Waals surface area contributed by atoms with Crippen molar-refractivity contribution in [1.82, 2.24) is 15.6 Å². The molecule has 0 amide bonds. The Hall–Kier alpha value is -1.35. The third kappa shape index (κ3) is 6.62. The molecule has 0 spiro atoms. The number of benzene rings is 1. The highest BCUT2D eigenvalue weighted by atomic mass is 127. The van der Waals surface area contributed by atoms with Crippen LogP contribution in [0.2, 0.25) is 0 Å². The van der Waals surface area contributed by atoms with Crippen LogP contribution in [0.5, 0.6) is 5.75 Å². The Labute approximate surface area is 189 Å². The standard InChI is InChI=1S/C21H30N4OS.HI/c1-15(2)18-14-27-20(25-18)13-24-21(22-3)23-12-16-8-4-7-11-19(16)26-17-9-5-6-10-17;/h4,7-8,11,14-15,17H,5-6,9-10,12-13H2,1-3H3,(H2,22,23,24);1H. The summed E-state index contributed by atoms with van der Waals surface area (Å²) in [5.41, 5.74) is 2.31. The molecule has 0 saturated heterocycles. The number of para-hydroxylation sites is 1. The van der Waals surface area contributed by atoms with Crippen LogP contribution in [-0.4, -0.2) is 24.1 Å². The quantitative estimate of drug-likeness (QED) is 0.308. The van der Waals surface area contributed by atoms with Crippen LogP contribution in [0.3, 0.4) is 0 Å². The zero-order valence-corrected chi connectivity index (χ0v) is 20.1. The summed E-state index contributed by atoms with van der Waals surface area (Å²) < 4.78 is 6.22. The smallest absolute Gasteiger partial charge is 0.191 e. The number of nitrogens with one attached hydrogen (secondary N) is 2. The first-order valence-electron chi connectivity index (χ1n) is 9.79. The molecule has 0 unspecified atom stereocenters. The predicted octanol–water partition coefficient (Wildman–Crippen LogP) is 5.07. The fourth-order valence-corrected chi connectivity index (χ4v) is 4.08. The van der Waals surface area contributed by atoms with Crippen molar-refractivity contribution in [2.24, 2.45) is 4.99 Å². The average molecular weight is 514 g/mol. The molecule has 1 aliphatic rings. The number of aliphatic imine (C=N–C) groups is 1. The Bertz CT molecular complexity index is 756. The maximum atomic E-state index is 6.22. The molecule has 0 radical (unpaired) electrons. The number of halogens is 1. The fourth-order valence-electron chi connectivity index (χ4n) is 3.18.